The Bertz CT molecular complexity index is 860. The molecule has 0 saturated heterocycles. The van der Waals surface area contributed by atoms with Gasteiger partial charge in [-0.3, -0.25) is 9.59 Å². The molecule has 2 aromatic rings. The standard InChI is InChI=1S/C24H33N3O3/c1-15-12-20(28)13-16(2)21(15)14-22(25)24(30)27(18(4)23(26)29)17(3)10-11-19-8-6-5-7-9-19/h5-9,12-13,17-18,22,28H,10-11,14,25H2,1-4H3,(H2,26,29)/t17?,18-,22?/m1/s1. The highest BCUT2D eigenvalue weighted by atomic mass is 16.3. The maximum absolute atomic E-state index is 13.3. The second-order valence-corrected chi connectivity index (χ2v) is 8.07. The molecule has 0 aliphatic heterocycles. The monoisotopic (exact) mass is 411 g/mol. The summed E-state index contributed by atoms with van der Waals surface area (Å²) in [7, 11) is 0. The number of rotatable bonds is 9. The van der Waals surface area contributed by atoms with Gasteiger partial charge in [0.25, 0.3) is 0 Å². The van der Waals surface area contributed by atoms with E-state index in [0.717, 1.165) is 23.1 Å². The summed E-state index contributed by atoms with van der Waals surface area (Å²) in [5.74, 6) is -0.667. The minimum Gasteiger partial charge on any atom is -0.508 e. The van der Waals surface area contributed by atoms with E-state index in [1.165, 1.54) is 10.5 Å². The smallest absolute Gasteiger partial charge is 0.240 e. The fraction of sp³-hybridized carbons (Fsp3) is 0.417. The molecular weight excluding hydrogens is 378 g/mol. The molecule has 0 aliphatic carbocycles. The molecule has 0 bridgehead atoms. The fourth-order valence-corrected chi connectivity index (χ4v) is 3.88. The molecule has 6 heteroatoms. The van der Waals surface area contributed by atoms with Gasteiger partial charge >= 0.3 is 0 Å². The summed E-state index contributed by atoms with van der Waals surface area (Å²) in [5, 5.41) is 9.75. The van der Waals surface area contributed by atoms with Crippen LogP contribution in [0.1, 0.15) is 42.5 Å². The number of aromatic hydroxyl groups is 1. The topological polar surface area (TPSA) is 110 Å². The van der Waals surface area contributed by atoms with Crippen LogP contribution in [0.4, 0.5) is 0 Å². The maximum atomic E-state index is 13.3. The van der Waals surface area contributed by atoms with Crippen molar-refractivity contribution < 1.29 is 14.7 Å². The van der Waals surface area contributed by atoms with Crippen molar-refractivity contribution >= 4 is 11.8 Å². The van der Waals surface area contributed by atoms with Crippen molar-refractivity contribution in [3.05, 3.63) is 64.7 Å². The molecule has 2 aromatic carbocycles. The normalized spacial score (nSPS) is 14.0. The van der Waals surface area contributed by atoms with E-state index in [4.69, 9.17) is 11.5 Å². The Morgan fingerprint density at radius 2 is 1.63 bits per heavy atom. The van der Waals surface area contributed by atoms with Crippen molar-refractivity contribution in [1.29, 1.82) is 0 Å². The van der Waals surface area contributed by atoms with Crippen molar-refractivity contribution in [3.8, 4) is 5.75 Å². The zero-order valence-electron chi connectivity index (χ0n) is 18.3. The Morgan fingerprint density at radius 1 is 1.07 bits per heavy atom. The summed E-state index contributed by atoms with van der Waals surface area (Å²) in [4.78, 5) is 26.7. The number of primary amides is 1. The number of amides is 2. The summed E-state index contributed by atoms with van der Waals surface area (Å²) < 4.78 is 0. The molecule has 6 nitrogen and oxygen atoms in total. The Hall–Kier alpha value is -2.86. The van der Waals surface area contributed by atoms with Crippen LogP contribution >= 0.6 is 0 Å². The van der Waals surface area contributed by atoms with Crippen molar-refractivity contribution in [2.75, 3.05) is 0 Å². The van der Waals surface area contributed by atoms with Gasteiger partial charge < -0.3 is 21.5 Å². The quantitative estimate of drug-likeness (QED) is 0.589. The predicted molar refractivity (Wildman–Crippen MR) is 119 cm³/mol. The molecule has 0 fully saturated rings. The molecule has 162 valence electrons. The van der Waals surface area contributed by atoms with Crippen LogP contribution in [0.2, 0.25) is 0 Å². The van der Waals surface area contributed by atoms with Gasteiger partial charge in [-0.25, -0.2) is 0 Å². The van der Waals surface area contributed by atoms with Gasteiger partial charge in [0, 0.05) is 6.04 Å². The van der Waals surface area contributed by atoms with Crippen LogP contribution in [-0.4, -0.2) is 39.9 Å². The van der Waals surface area contributed by atoms with Crippen molar-refractivity contribution in [2.45, 2.75) is 65.1 Å². The van der Waals surface area contributed by atoms with Crippen LogP contribution in [0.25, 0.3) is 0 Å². The average Bonchev–Trinajstić information content (AvgIpc) is 2.69. The summed E-state index contributed by atoms with van der Waals surface area (Å²) in [5.41, 5.74) is 15.7. The second-order valence-electron chi connectivity index (χ2n) is 8.07. The molecule has 2 rings (SSSR count). The van der Waals surface area contributed by atoms with E-state index in [1.807, 2.05) is 51.1 Å². The number of carbonyl (C=O) groups is 2. The summed E-state index contributed by atoms with van der Waals surface area (Å²) in [6.07, 6.45) is 1.80. The number of nitrogens with two attached hydrogens (primary N) is 2. The van der Waals surface area contributed by atoms with Crippen LogP contribution in [0.15, 0.2) is 42.5 Å². The molecule has 0 radical (unpaired) electrons. The van der Waals surface area contributed by atoms with Crippen molar-refractivity contribution in [2.24, 2.45) is 11.5 Å². The molecule has 2 amide bonds. The van der Waals surface area contributed by atoms with Crippen LogP contribution in [0.5, 0.6) is 5.75 Å². The van der Waals surface area contributed by atoms with Gasteiger partial charge in [0.15, 0.2) is 0 Å². The molecule has 30 heavy (non-hydrogen) atoms. The van der Waals surface area contributed by atoms with Gasteiger partial charge in [0.1, 0.15) is 11.8 Å². The highest BCUT2D eigenvalue weighted by Crippen LogP contribution is 2.23. The molecule has 0 aromatic heterocycles. The fourth-order valence-electron chi connectivity index (χ4n) is 3.88. The van der Waals surface area contributed by atoms with Gasteiger partial charge in [-0.05, 0) is 81.3 Å². The SMILES string of the molecule is Cc1cc(O)cc(C)c1CC(N)C(=O)N(C(C)CCc1ccccc1)[C@H](C)C(N)=O. The minimum absolute atomic E-state index is 0.187. The molecule has 2 unspecified atom stereocenters. The number of carbonyl (C=O) groups excluding carboxylic acids is 2. The van der Waals surface area contributed by atoms with Gasteiger partial charge in [0.2, 0.25) is 11.8 Å². The van der Waals surface area contributed by atoms with Gasteiger partial charge in [-0.1, -0.05) is 30.3 Å². The third-order valence-corrected chi connectivity index (χ3v) is 5.67. The van der Waals surface area contributed by atoms with E-state index >= 15 is 0 Å². The lowest BCUT2D eigenvalue weighted by atomic mass is 9.95. The number of phenols is 1. The zero-order valence-corrected chi connectivity index (χ0v) is 18.3. The summed E-state index contributed by atoms with van der Waals surface area (Å²) in [6, 6.07) is 11.6. The second kappa shape index (κ2) is 10.3. The van der Waals surface area contributed by atoms with E-state index < -0.39 is 18.0 Å². The van der Waals surface area contributed by atoms with Crippen molar-refractivity contribution in [1.82, 2.24) is 4.90 Å². The molecule has 3 atom stereocenters. The number of nitrogens with zero attached hydrogens (tertiary/aromatic N) is 1. The lowest BCUT2D eigenvalue weighted by Crippen LogP contribution is -2.56. The highest BCUT2D eigenvalue weighted by Gasteiger charge is 2.32. The van der Waals surface area contributed by atoms with Crippen molar-refractivity contribution in [3.63, 3.8) is 0 Å². The van der Waals surface area contributed by atoms with E-state index in [1.54, 1.807) is 19.1 Å². The van der Waals surface area contributed by atoms with E-state index in [2.05, 4.69) is 0 Å². The van der Waals surface area contributed by atoms with Crippen LogP contribution in [0.3, 0.4) is 0 Å². The first-order valence-electron chi connectivity index (χ1n) is 10.3. The van der Waals surface area contributed by atoms with Crippen LogP contribution in [-0.2, 0) is 22.4 Å². The molecule has 0 aliphatic rings. The Labute approximate surface area is 178 Å². The Balaban J connectivity index is 2.18. The molecule has 5 N–H and O–H groups in total. The number of hydrogen-bond acceptors (Lipinski definition) is 4. The van der Waals surface area contributed by atoms with E-state index in [0.29, 0.717) is 12.8 Å². The van der Waals surface area contributed by atoms with Gasteiger partial charge in [0.05, 0.1) is 6.04 Å². The summed E-state index contributed by atoms with van der Waals surface area (Å²) >= 11 is 0. The van der Waals surface area contributed by atoms with Gasteiger partial charge in [-0.2, -0.15) is 0 Å². The number of hydrogen-bond donors (Lipinski definition) is 3. The predicted octanol–water partition coefficient (Wildman–Crippen LogP) is 2.60. The first-order chi connectivity index (χ1) is 14.1. The summed E-state index contributed by atoms with van der Waals surface area (Å²) in [6.45, 7) is 7.32. The Kier molecular flexibility index (Phi) is 8.00. The zero-order chi connectivity index (χ0) is 22.4. The third kappa shape index (κ3) is 5.83. The lowest BCUT2D eigenvalue weighted by Gasteiger charge is -2.35. The third-order valence-electron chi connectivity index (χ3n) is 5.67. The number of phenolic OH excluding ortho intramolecular Hbond substituents is 1. The number of benzene rings is 2. The van der Waals surface area contributed by atoms with E-state index in [-0.39, 0.29) is 17.7 Å². The Morgan fingerprint density at radius 3 is 2.17 bits per heavy atom. The first-order valence-corrected chi connectivity index (χ1v) is 10.3. The largest absolute Gasteiger partial charge is 0.508 e. The molecular formula is C24H33N3O3. The maximum Gasteiger partial charge on any atom is 0.240 e. The highest BCUT2D eigenvalue weighted by molar-refractivity contribution is 5.89. The number of aryl methyl sites for hydroxylation is 3. The lowest BCUT2D eigenvalue weighted by molar-refractivity contribution is -0.142. The molecule has 0 spiro atoms. The average molecular weight is 412 g/mol. The van der Waals surface area contributed by atoms with Crippen LogP contribution < -0.4 is 11.5 Å². The molecule has 0 saturated carbocycles. The molecule has 0 heterocycles. The van der Waals surface area contributed by atoms with E-state index in [9.17, 15) is 14.7 Å². The van der Waals surface area contributed by atoms with Crippen LogP contribution in [0, 0.1) is 13.8 Å². The minimum atomic E-state index is -0.812. The first kappa shape index (κ1) is 23.4. The van der Waals surface area contributed by atoms with Gasteiger partial charge in [-0.15, -0.1) is 0 Å².